The molecule has 4 amide bonds. The summed E-state index contributed by atoms with van der Waals surface area (Å²) in [6.07, 6.45) is -21.9. The number of nitrogens with one attached hydrogen (secondary N) is 2. The highest BCUT2D eigenvalue weighted by Crippen LogP contribution is 2.22. The van der Waals surface area contributed by atoms with Crippen molar-refractivity contribution in [1.82, 2.24) is 30.2 Å². The van der Waals surface area contributed by atoms with Gasteiger partial charge in [-0.2, -0.15) is 52.7 Å². The summed E-state index contributed by atoms with van der Waals surface area (Å²) in [5, 5.41) is 4.65. The molecular formula is C20H26F12N6O4. The maximum absolute atomic E-state index is 13.0. The molecule has 1 heterocycles. The fourth-order valence-corrected chi connectivity index (χ4v) is 3.57. The Labute approximate surface area is 229 Å². The van der Waals surface area contributed by atoms with E-state index in [4.69, 9.17) is 0 Å². The van der Waals surface area contributed by atoms with Crippen molar-refractivity contribution in [2.45, 2.75) is 24.7 Å². The molecule has 1 rings (SSSR count). The Kier molecular flexibility index (Phi) is 13.1. The van der Waals surface area contributed by atoms with Crippen LogP contribution in [-0.2, 0) is 19.2 Å². The van der Waals surface area contributed by atoms with E-state index in [0.29, 0.717) is 0 Å². The molecule has 0 aliphatic carbocycles. The van der Waals surface area contributed by atoms with Gasteiger partial charge in [0.25, 0.3) is 0 Å². The summed E-state index contributed by atoms with van der Waals surface area (Å²) in [4.78, 5) is 47.4. The van der Waals surface area contributed by atoms with Gasteiger partial charge in [0.1, 0.15) is 0 Å². The van der Waals surface area contributed by atoms with Crippen LogP contribution in [0.1, 0.15) is 0 Å². The highest BCUT2D eigenvalue weighted by Gasteiger charge is 2.46. The number of amides is 4. The van der Waals surface area contributed by atoms with Gasteiger partial charge in [0.2, 0.25) is 0 Å². The lowest BCUT2D eigenvalue weighted by Crippen LogP contribution is -2.53. The van der Waals surface area contributed by atoms with Crippen LogP contribution in [0.25, 0.3) is 0 Å². The van der Waals surface area contributed by atoms with Gasteiger partial charge < -0.3 is 30.2 Å². The van der Waals surface area contributed by atoms with Crippen molar-refractivity contribution in [2.75, 3.05) is 78.5 Å². The number of halogens is 12. The SMILES string of the molecule is O=C(N1CCNCCN(C(=O)C(F)(F)F)CCN(C(=O)C(F)(F)F)CCNCCN(C(=O)C(F)(F)F)CC1)C(F)(F)F. The fourth-order valence-electron chi connectivity index (χ4n) is 3.57. The Balaban J connectivity index is 3.24. The Morgan fingerprint density at radius 1 is 0.357 bits per heavy atom. The van der Waals surface area contributed by atoms with Gasteiger partial charge in [-0.3, -0.25) is 19.2 Å². The summed E-state index contributed by atoms with van der Waals surface area (Å²) in [5.74, 6) is -9.89. The van der Waals surface area contributed by atoms with Crippen molar-refractivity contribution >= 4 is 23.6 Å². The second kappa shape index (κ2) is 14.9. The third kappa shape index (κ3) is 12.1. The molecule has 22 heteroatoms. The van der Waals surface area contributed by atoms with Crippen molar-refractivity contribution in [3.63, 3.8) is 0 Å². The molecule has 1 fully saturated rings. The highest BCUT2D eigenvalue weighted by molar-refractivity contribution is 5.84. The number of hydrogen-bond acceptors (Lipinski definition) is 6. The molecule has 0 aromatic heterocycles. The largest absolute Gasteiger partial charge is 0.471 e. The van der Waals surface area contributed by atoms with Crippen molar-refractivity contribution < 1.29 is 71.9 Å². The summed E-state index contributed by atoms with van der Waals surface area (Å²) in [7, 11) is 0. The topological polar surface area (TPSA) is 105 Å². The maximum Gasteiger partial charge on any atom is 0.471 e. The summed E-state index contributed by atoms with van der Waals surface area (Å²) in [6.45, 7) is -9.88. The third-order valence-electron chi connectivity index (χ3n) is 5.63. The smallest absolute Gasteiger partial charge is 0.332 e. The molecule has 1 saturated heterocycles. The monoisotopic (exact) mass is 642 g/mol. The van der Waals surface area contributed by atoms with Crippen molar-refractivity contribution in [3.8, 4) is 0 Å². The van der Waals surface area contributed by atoms with Crippen LogP contribution in [-0.4, -0.2) is 146 Å². The van der Waals surface area contributed by atoms with Crippen LogP contribution in [0.15, 0.2) is 0 Å². The molecule has 244 valence electrons. The minimum Gasteiger partial charge on any atom is -0.332 e. The lowest BCUT2D eigenvalue weighted by molar-refractivity contribution is -0.189. The zero-order valence-corrected chi connectivity index (χ0v) is 21.4. The summed E-state index contributed by atoms with van der Waals surface area (Å²) >= 11 is 0. The number of carbonyl (C=O) groups excluding carboxylic acids is 4. The maximum atomic E-state index is 13.0. The number of rotatable bonds is 0. The van der Waals surface area contributed by atoms with Gasteiger partial charge in [0.05, 0.1) is 0 Å². The first-order valence-corrected chi connectivity index (χ1v) is 11.9. The molecule has 2 N–H and O–H groups in total. The molecule has 1 aliphatic heterocycles. The first-order chi connectivity index (χ1) is 19.1. The number of alkyl halides is 12. The van der Waals surface area contributed by atoms with E-state index in [0.717, 1.165) is 0 Å². The van der Waals surface area contributed by atoms with Gasteiger partial charge in [-0.05, 0) is 0 Å². The van der Waals surface area contributed by atoms with Crippen LogP contribution in [0.3, 0.4) is 0 Å². The molecular weight excluding hydrogens is 616 g/mol. The standard InChI is InChI=1S/C20H26F12N6O4/c21-17(22,23)13(39)35-5-1-33-2-6-36(14(40)18(24,25)26)11-12-38(16(42)20(30,31)32)8-4-34-3-7-37(10-9-35)15(41)19(27,28)29/h33-34H,1-12H2. The lowest BCUT2D eigenvalue weighted by atomic mass is 10.3. The third-order valence-corrected chi connectivity index (χ3v) is 5.63. The predicted octanol–water partition coefficient (Wildman–Crippen LogP) is 0.743. The first kappa shape index (κ1) is 37.0. The van der Waals surface area contributed by atoms with E-state index < -0.39 is 127 Å². The molecule has 0 saturated carbocycles. The molecule has 10 nitrogen and oxygen atoms in total. The minimum absolute atomic E-state index is 0.0689. The molecule has 0 spiro atoms. The molecule has 1 aliphatic rings. The van der Waals surface area contributed by atoms with Crippen LogP contribution in [0.4, 0.5) is 52.7 Å². The first-order valence-electron chi connectivity index (χ1n) is 11.9. The summed E-state index contributed by atoms with van der Waals surface area (Å²) in [5.41, 5.74) is 0. The van der Waals surface area contributed by atoms with Crippen LogP contribution in [0, 0.1) is 0 Å². The molecule has 0 atom stereocenters. The molecule has 42 heavy (non-hydrogen) atoms. The van der Waals surface area contributed by atoms with Crippen molar-refractivity contribution in [3.05, 3.63) is 0 Å². The predicted molar refractivity (Wildman–Crippen MR) is 116 cm³/mol. The number of nitrogens with zero attached hydrogens (tertiary/aromatic N) is 4. The average molecular weight is 642 g/mol. The minimum atomic E-state index is -5.47. The Hall–Kier alpha value is -3.04. The zero-order chi connectivity index (χ0) is 32.5. The zero-order valence-electron chi connectivity index (χ0n) is 21.4. The van der Waals surface area contributed by atoms with Crippen molar-refractivity contribution in [2.24, 2.45) is 0 Å². The van der Waals surface area contributed by atoms with Gasteiger partial charge in [-0.15, -0.1) is 0 Å². The fraction of sp³-hybridized carbons (Fsp3) is 0.800. The van der Waals surface area contributed by atoms with Crippen LogP contribution < -0.4 is 10.6 Å². The van der Waals surface area contributed by atoms with E-state index in [1.807, 2.05) is 0 Å². The van der Waals surface area contributed by atoms with E-state index in [9.17, 15) is 71.9 Å². The molecule has 0 aromatic carbocycles. The highest BCUT2D eigenvalue weighted by atomic mass is 19.4. The molecule has 0 bridgehead atoms. The average Bonchev–Trinajstić information content (AvgIpc) is 2.84. The van der Waals surface area contributed by atoms with E-state index in [2.05, 4.69) is 10.6 Å². The normalized spacial score (nSPS) is 18.8. The van der Waals surface area contributed by atoms with Crippen LogP contribution in [0.5, 0.6) is 0 Å². The van der Waals surface area contributed by atoms with Gasteiger partial charge in [0, 0.05) is 78.5 Å². The van der Waals surface area contributed by atoms with Crippen LogP contribution in [0.2, 0.25) is 0 Å². The summed E-state index contributed by atoms with van der Waals surface area (Å²) in [6, 6.07) is 0. The van der Waals surface area contributed by atoms with Gasteiger partial charge in [-0.25, -0.2) is 0 Å². The molecule has 0 unspecified atom stereocenters. The van der Waals surface area contributed by atoms with Gasteiger partial charge in [0.15, 0.2) is 0 Å². The number of carbonyl (C=O) groups is 4. The van der Waals surface area contributed by atoms with Gasteiger partial charge in [-0.1, -0.05) is 0 Å². The molecule has 0 aromatic rings. The second-order valence-electron chi connectivity index (χ2n) is 8.66. The lowest BCUT2D eigenvalue weighted by Gasteiger charge is -2.31. The van der Waals surface area contributed by atoms with E-state index >= 15 is 0 Å². The Morgan fingerprint density at radius 3 is 0.667 bits per heavy atom. The Morgan fingerprint density at radius 2 is 0.524 bits per heavy atom. The van der Waals surface area contributed by atoms with E-state index in [-0.39, 0.29) is 19.6 Å². The van der Waals surface area contributed by atoms with E-state index in [1.54, 1.807) is 0 Å². The van der Waals surface area contributed by atoms with Crippen LogP contribution >= 0.6 is 0 Å². The Bertz CT molecular complexity index is 792. The van der Waals surface area contributed by atoms with Crippen molar-refractivity contribution in [1.29, 1.82) is 0 Å². The second-order valence-corrected chi connectivity index (χ2v) is 8.66. The van der Waals surface area contributed by atoms with Gasteiger partial charge >= 0.3 is 48.3 Å². The number of hydrogen-bond donors (Lipinski definition) is 2. The quantitative estimate of drug-likeness (QED) is 0.378. The summed E-state index contributed by atoms with van der Waals surface area (Å²) < 4.78 is 156. The molecule has 0 radical (unpaired) electrons. The van der Waals surface area contributed by atoms with E-state index in [1.165, 1.54) is 0 Å².